The van der Waals surface area contributed by atoms with Crippen molar-refractivity contribution in [2.75, 3.05) is 26.9 Å². The first-order valence-corrected chi connectivity index (χ1v) is 8.92. The van der Waals surface area contributed by atoms with Crippen LogP contribution in [0, 0.1) is 0 Å². The van der Waals surface area contributed by atoms with E-state index in [0.717, 1.165) is 5.56 Å². The summed E-state index contributed by atoms with van der Waals surface area (Å²) in [4.78, 5) is 24.0. The van der Waals surface area contributed by atoms with Crippen LogP contribution in [0.15, 0.2) is 48.5 Å². The number of benzene rings is 2. The molecule has 0 radical (unpaired) electrons. The average Bonchev–Trinajstić information content (AvgIpc) is 2.72. The maximum atomic E-state index is 12.1. The third-order valence-electron chi connectivity index (χ3n) is 3.74. The number of ketones is 1. The van der Waals surface area contributed by atoms with E-state index in [0.29, 0.717) is 29.4 Å². The largest absolute Gasteiger partial charge is 0.494 e. The predicted molar refractivity (Wildman–Crippen MR) is 106 cm³/mol. The van der Waals surface area contributed by atoms with Gasteiger partial charge in [0.15, 0.2) is 30.5 Å². The zero-order chi connectivity index (χ0) is 20.4. The number of allylic oxidation sites excluding steroid dienone is 1. The van der Waals surface area contributed by atoms with Gasteiger partial charge in [-0.15, -0.1) is 0 Å². The SMILES string of the molecule is C/C=C/c1ccc(OCC(=O)OCC(=O)c2ccc(OCC)cc2)c(OC)c1. The standard InChI is InChI=1S/C22H24O6/c1-4-6-16-7-12-20(21(13-16)25-3)27-15-22(24)28-14-19(23)17-8-10-18(11-9-17)26-5-2/h4,6-13H,5,14-15H2,1-3H3/b6-4+. The van der Waals surface area contributed by atoms with Crippen molar-refractivity contribution >= 4 is 17.8 Å². The van der Waals surface area contributed by atoms with Crippen LogP contribution >= 0.6 is 0 Å². The Labute approximate surface area is 164 Å². The van der Waals surface area contributed by atoms with Crippen LogP contribution in [-0.2, 0) is 9.53 Å². The van der Waals surface area contributed by atoms with Crippen LogP contribution in [0.25, 0.3) is 6.08 Å². The molecule has 0 spiro atoms. The van der Waals surface area contributed by atoms with Gasteiger partial charge in [-0.05, 0) is 55.8 Å². The molecule has 0 aliphatic carbocycles. The highest BCUT2D eigenvalue weighted by Crippen LogP contribution is 2.28. The van der Waals surface area contributed by atoms with Crippen molar-refractivity contribution in [2.45, 2.75) is 13.8 Å². The molecule has 2 rings (SSSR count). The first kappa shape index (κ1) is 21.0. The van der Waals surface area contributed by atoms with Crippen LogP contribution in [0.2, 0.25) is 0 Å². The third kappa shape index (κ3) is 6.16. The van der Waals surface area contributed by atoms with Crippen molar-refractivity contribution in [1.82, 2.24) is 0 Å². The van der Waals surface area contributed by atoms with Gasteiger partial charge in [0.1, 0.15) is 5.75 Å². The molecule has 6 nitrogen and oxygen atoms in total. The number of hydrogen-bond donors (Lipinski definition) is 0. The fourth-order valence-corrected chi connectivity index (χ4v) is 2.41. The lowest BCUT2D eigenvalue weighted by Gasteiger charge is -2.11. The van der Waals surface area contributed by atoms with E-state index in [-0.39, 0.29) is 19.0 Å². The van der Waals surface area contributed by atoms with Crippen molar-refractivity contribution in [2.24, 2.45) is 0 Å². The molecular weight excluding hydrogens is 360 g/mol. The Morgan fingerprint density at radius 2 is 1.71 bits per heavy atom. The summed E-state index contributed by atoms with van der Waals surface area (Å²) in [5.41, 5.74) is 1.40. The van der Waals surface area contributed by atoms with E-state index in [1.165, 1.54) is 7.11 Å². The smallest absolute Gasteiger partial charge is 0.344 e. The van der Waals surface area contributed by atoms with Crippen LogP contribution in [0.3, 0.4) is 0 Å². The van der Waals surface area contributed by atoms with Crippen molar-refractivity contribution in [3.8, 4) is 17.2 Å². The average molecular weight is 384 g/mol. The van der Waals surface area contributed by atoms with E-state index in [2.05, 4.69) is 0 Å². The van der Waals surface area contributed by atoms with Gasteiger partial charge in [0.25, 0.3) is 0 Å². The van der Waals surface area contributed by atoms with E-state index >= 15 is 0 Å². The molecule has 0 aromatic heterocycles. The van der Waals surface area contributed by atoms with Crippen molar-refractivity contribution in [1.29, 1.82) is 0 Å². The van der Waals surface area contributed by atoms with E-state index in [9.17, 15) is 9.59 Å². The van der Waals surface area contributed by atoms with Gasteiger partial charge in [0.2, 0.25) is 0 Å². The van der Waals surface area contributed by atoms with Crippen molar-refractivity contribution in [3.63, 3.8) is 0 Å². The molecule has 0 bridgehead atoms. The summed E-state index contributed by atoms with van der Waals surface area (Å²) in [5.74, 6) is 0.668. The number of rotatable bonds is 10. The third-order valence-corrected chi connectivity index (χ3v) is 3.74. The zero-order valence-corrected chi connectivity index (χ0v) is 16.3. The number of carbonyl (C=O) groups excluding carboxylic acids is 2. The van der Waals surface area contributed by atoms with Gasteiger partial charge in [-0.1, -0.05) is 18.2 Å². The molecule has 6 heteroatoms. The number of methoxy groups -OCH3 is 1. The highest BCUT2D eigenvalue weighted by atomic mass is 16.6. The molecule has 0 unspecified atom stereocenters. The monoisotopic (exact) mass is 384 g/mol. The second kappa shape index (κ2) is 10.8. The summed E-state index contributed by atoms with van der Waals surface area (Å²) < 4.78 is 21.0. The van der Waals surface area contributed by atoms with Crippen molar-refractivity contribution < 1.29 is 28.5 Å². The summed E-state index contributed by atoms with van der Waals surface area (Å²) in [7, 11) is 1.52. The fourth-order valence-electron chi connectivity index (χ4n) is 2.41. The molecule has 28 heavy (non-hydrogen) atoms. The van der Waals surface area contributed by atoms with Crippen LogP contribution < -0.4 is 14.2 Å². The molecule has 0 saturated carbocycles. The normalized spacial score (nSPS) is 10.5. The molecular formula is C22H24O6. The van der Waals surface area contributed by atoms with Gasteiger partial charge in [-0.3, -0.25) is 4.79 Å². The maximum absolute atomic E-state index is 12.1. The summed E-state index contributed by atoms with van der Waals surface area (Å²) >= 11 is 0. The molecule has 0 saturated heterocycles. The molecule has 0 heterocycles. The van der Waals surface area contributed by atoms with E-state index in [1.54, 1.807) is 36.4 Å². The summed E-state index contributed by atoms with van der Waals surface area (Å²) in [6, 6.07) is 12.0. The molecule has 2 aromatic rings. The van der Waals surface area contributed by atoms with Crippen LogP contribution in [-0.4, -0.2) is 38.7 Å². The quantitative estimate of drug-likeness (QED) is 0.457. The molecule has 2 aromatic carbocycles. The molecule has 148 valence electrons. The van der Waals surface area contributed by atoms with E-state index in [1.807, 2.05) is 32.1 Å². The van der Waals surface area contributed by atoms with Gasteiger partial charge < -0.3 is 18.9 Å². The fraction of sp³-hybridized carbons (Fsp3) is 0.273. The maximum Gasteiger partial charge on any atom is 0.344 e. The number of Topliss-reactive ketones (excluding diaryl/α,β-unsaturated/α-hetero) is 1. The Hall–Kier alpha value is -3.28. The lowest BCUT2D eigenvalue weighted by Crippen LogP contribution is -2.19. The number of carbonyl (C=O) groups is 2. The summed E-state index contributed by atoms with van der Waals surface area (Å²) in [5, 5.41) is 0. The first-order chi connectivity index (χ1) is 13.6. The second-order valence-corrected chi connectivity index (χ2v) is 5.74. The van der Waals surface area contributed by atoms with E-state index < -0.39 is 5.97 Å². The Bertz CT molecular complexity index is 823. The van der Waals surface area contributed by atoms with Crippen molar-refractivity contribution in [3.05, 3.63) is 59.7 Å². The molecule has 0 aliphatic rings. The Morgan fingerprint density at radius 1 is 0.964 bits per heavy atom. The molecule has 0 fully saturated rings. The van der Waals surface area contributed by atoms with Gasteiger partial charge in [0.05, 0.1) is 13.7 Å². The Kier molecular flexibility index (Phi) is 8.09. The van der Waals surface area contributed by atoms with Crippen LogP contribution in [0.1, 0.15) is 29.8 Å². The highest BCUT2D eigenvalue weighted by Gasteiger charge is 2.12. The summed E-state index contributed by atoms with van der Waals surface area (Å²) in [6.07, 6.45) is 3.83. The van der Waals surface area contributed by atoms with Crippen LogP contribution in [0.4, 0.5) is 0 Å². The molecule has 0 N–H and O–H groups in total. The number of hydrogen-bond acceptors (Lipinski definition) is 6. The summed E-state index contributed by atoms with van der Waals surface area (Å²) in [6.45, 7) is 3.67. The Balaban J connectivity index is 1.84. The lowest BCUT2D eigenvalue weighted by atomic mass is 10.1. The topological polar surface area (TPSA) is 71.1 Å². The minimum atomic E-state index is -0.640. The zero-order valence-electron chi connectivity index (χ0n) is 16.3. The number of esters is 1. The van der Waals surface area contributed by atoms with E-state index in [4.69, 9.17) is 18.9 Å². The van der Waals surface area contributed by atoms with Crippen LogP contribution in [0.5, 0.6) is 17.2 Å². The minimum Gasteiger partial charge on any atom is -0.494 e. The molecule has 0 amide bonds. The van der Waals surface area contributed by atoms with Gasteiger partial charge in [-0.25, -0.2) is 4.79 Å². The second-order valence-electron chi connectivity index (χ2n) is 5.74. The Morgan fingerprint density at radius 3 is 2.36 bits per heavy atom. The molecule has 0 atom stereocenters. The number of ether oxygens (including phenoxy) is 4. The van der Waals surface area contributed by atoms with Gasteiger partial charge in [0, 0.05) is 5.56 Å². The predicted octanol–water partition coefficient (Wildman–Crippen LogP) is 3.93. The van der Waals surface area contributed by atoms with Gasteiger partial charge >= 0.3 is 5.97 Å². The molecule has 0 aliphatic heterocycles. The highest BCUT2D eigenvalue weighted by molar-refractivity contribution is 5.98. The lowest BCUT2D eigenvalue weighted by molar-refractivity contribution is -0.144. The first-order valence-electron chi connectivity index (χ1n) is 8.92. The van der Waals surface area contributed by atoms with Gasteiger partial charge in [-0.2, -0.15) is 0 Å². The minimum absolute atomic E-state index is 0.301.